The third-order valence-corrected chi connectivity index (χ3v) is 8.70. The van der Waals surface area contributed by atoms with Crippen LogP contribution in [-0.2, 0) is 14.9 Å². The van der Waals surface area contributed by atoms with Gasteiger partial charge in [-0.2, -0.15) is 0 Å². The molecular formula is C25H31N3O2. The fourth-order valence-corrected chi connectivity index (χ4v) is 6.43. The summed E-state index contributed by atoms with van der Waals surface area (Å²) in [5.41, 5.74) is 5.37. The van der Waals surface area contributed by atoms with E-state index in [9.17, 15) is 0 Å². The van der Waals surface area contributed by atoms with Gasteiger partial charge < -0.3 is 14.4 Å². The van der Waals surface area contributed by atoms with Crippen LogP contribution in [-0.4, -0.2) is 42.1 Å². The van der Waals surface area contributed by atoms with Crippen LogP contribution >= 0.6 is 0 Å². The largest absolute Gasteiger partial charge is 0.347 e. The van der Waals surface area contributed by atoms with Gasteiger partial charge in [0.25, 0.3) is 0 Å². The number of nitrogens with zero attached hydrogens (tertiary/aromatic N) is 3. The van der Waals surface area contributed by atoms with Gasteiger partial charge in [-0.25, -0.2) is 9.97 Å². The summed E-state index contributed by atoms with van der Waals surface area (Å²) in [6.07, 6.45) is 4.20. The van der Waals surface area contributed by atoms with Gasteiger partial charge in [-0.05, 0) is 24.2 Å². The zero-order chi connectivity index (χ0) is 20.6. The molecule has 3 heterocycles. The highest BCUT2D eigenvalue weighted by Gasteiger charge is 2.61. The minimum atomic E-state index is -0.372. The van der Waals surface area contributed by atoms with Gasteiger partial charge in [0.1, 0.15) is 0 Å². The Bertz CT molecular complexity index is 973. The summed E-state index contributed by atoms with van der Waals surface area (Å²) in [4.78, 5) is 12.8. The minimum Gasteiger partial charge on any atom is -0.347 e. The molecule has 2 atom stereocenters. The maximum atomic E-state index is 5.93. The summed E-state index contributed by atoms with van der Waals surface area (Å²) in [5, 5.41) is 0. The van der Waals surface area contributed by atoms with E-state index >= 15 is 0 Å². The Labute approximate surface area is 178 Å². The maximum Gasteiger partial charge on any atom is 0.226 e. The van der Waals surface area contributed by atoms with E-state index in [1.165, 1.54) is 29.7 Å². The van der Waals surface area contributed by atoms with Gasteiger partial charge in [0, 0.05) is 42.5 Å². The predicted molar refractivity (Wildman–Crippen MR) is 117 cm³/mol. The Balaban J connectivity index is 1.45. The number of rotatable bonds is 2. The third-order valence-electron chi connectivity index (χ3n) is 8.70. The van der Waals surface area contributed by atoms with Crippen LogP contribution in [0.4, 0.5) is 5.95 Å². The molecule has 1 aromatic carbocycles. The molecule has 2 unspecified atom stereocenters. The Morgan fingerprint density at radius 2 is 1.63 bits per heavy atom. The number of aromatic nitrogens is 2. The highest BCUT2D eigenvalue weighted by Crippen LogP contribution is 2.68. The summed E-state index contributed by atoms with van der Waals surface area (Å²) in [5.74, 6) is 1.04. The van der Waals surface area contributed by atoms with Gasteiger partial charge in [0.2, 0.25) is 5.95 Å². The van der Waals surface area contributed by atoms with Crippen LogP contribution in [0.1, 0.15) is 63.6 Å². The molecule has 5 nitrogen and oxygen atoms in total. The van der Waals surface area contributed by atoms with Crippen LogP contribution in [0.25, 0.3) is 11.3 Å². The summed E-state index contributed by atoms with van der Waals surface area (Å²) >= 11 is 0. The van der Waals surface area contributed by atoms with Gasteiger partial charge in [-0.1, -0.05) is 51.1 Å². The van der Waals surface area contributed by atoms with Gasteiger partial charge in [-0.15, -0.1) is 0 Å². The molecule has 2 aliphatic carbocycles. The molecular weight excluding hydrogens is 374 g/mol. The number of anilines is 1. The zero-order valence-corrected chi connectivity index (χ0v) is 18.3. The van der Waals surface area contributed by atoms with Crippen molar-refractivity contribution >= 4 is 5.95 Å². The molecule has 30 heavy (non-hydrogen) atoms. The van der Waals surface area contributed by atoms with Crippen molar-refractivity contribution in [3.05, 3.63) is 41.6 Å². The van der Waals surface area contributed by atoms with Crippen molar-refractivity contribution < 1.29 is 9.47 Å². The number of hydrogen-bond acceptors (Lipinski definition) is 5. The lowest BCUT2D eigenvalue weighted by molar-refractivity contribution is -0.169. The molecule has 3 fully saturated rings. The monoisotopic (exact) mass is 405 g/mol. The molecule has 158 valence electrons. The second-order valence-corrected chi connectivity index (χ2v) is 10.2. The van der Waals surface area contributed by atoms with Crippen LogP contribution < -0.4 is 4.90 Å². The average Bonchev–Trinajstić information content (AvgIpc) is 3.36. The number of hydrogen-bond donors (Lipinski definition) is 0. The van der Waals surface area contributed by atoms with E-state index in [-0.39, 0.29) is 16.6 Å². The second kappa shape index (κ2) is 6.27. The standard InChI is InChI=1S/C25H31N3O2/c1-23(2)18-9-10-24(23,3)21-19(18)20(17-7-5-4-6-8-17)26-22(27-21)28-13-11-25(12-14-28)29-15-16-30-25/h4-8,18H,9-16H2,1-3H3. The molecule has 0 N–H and O–H groups in total. The van der Waals surface area contributed by atoms with E-state index in [4.69, 9.17) is 19.4 Å². The Morgan fingerprint density at radius 3 is 2.33 bits per heavy atom. The smallest absolute Gasteiger partial charge is 0.226 e. The molecule has 0 amide bonds. The first-order valence-corrected chi connectivity index (χ1v) is 11.4. The molecule has 0 radical (unpaired) electrons. The number of benzene rings is 1. The Hall–Kier alpha value is -1.98. The fourth-order valence-electron chi connectivity index (χ4n) is 6.43. The molecule has 5 heteroatoms. The molecule has 2 aromatic rings. The Morgan fingerprint density at radius 1 is 0.933 bits per heavy atom. The van der Waals surface area contributed by atoms with Gasteiger partial charge in [0.05, 0.1) is 24.6 Å². The highest BCUT2D eigenvalue weighted by atomic mass is 16.7. The molecule has 2 saturated heterocycles. The summed E-state index contributed by atoms with van der Waals surface area (Å²) in [6, 6.07) is 10.7. The number of ether oxygens (including phenoxy) is 2. The molecule has 1 saturated carbocycles. The van der Waals surface area contributed by atoms with E-state index in [0.29, 0.717) is 19.1 Å². The van der Waals surface area contributed by atoms with Crippen LogP contribution in [0.5, 0.6) is 0 Å². The number of piperidine rings is 1. The zero-order valence-electron chi connectivity index (χ0n) is 18.3. The topological polar surface area (TPSA) is 47.5 Å². The molecule has 2 aliphatic heterocycles. The van der Waals surface area contributed by atoms with Crippen LogP contribution in [0.15, 0.2) is 30.3 Å². The van der Waals surface area contributed by atoms with Crippen LogP contribution in [0.3, 0.4) is 0 Å². The first-order chi connectivity index (χ1) is 14.4. The molecule has 2 bridgehead atoms. The average molecular weight is 406 g/mol. The van der Waals surface area contributed by atoms with E-state index in [2.05, 4.69) is 56.0 Å². The van der Waals surface area contributed by atoms with Gasteiger partial charge >= 0.3 is 0 Å². The number of fused-ring (bicyclic) bond motifs is 5. The van der Waals surface area contributed by atoms with Crippen molar-refractivity contribution in [1.29, 1.82) is 0 Å². The first-order valence-electron chi connectivity index (χ1n) is 11.4. The minimum absolute atomic E-state index is 0.114. The van der Waals surface area contributed by atoms with Gasteiger partial charge in [0.15, 0.2) is 5.79 Å². The second-order valence-electron chi connectivity index (χ2n) is 10.2. The molecule has 6 rings (SSSR count). The van der Waals surface area contributed by atoms with E-state index in [1.807, 2.05) is 0 Å². The van der Waals surface area contributed by atoms with Crippen LogP contribution in [0.2, 0.25) is 0 Å². The van der Waals surface area contributed by atoms with E-state index in [1.54, 1.807) is 0 Å². The van der Waals surface area contributed by atoms with E-state index < -0.39 is 0 Å². The van der Waals surface area contributed by atoms with E-state index in [0.717, 1.165) is 37.6 Å². The lowest BCUT2D eigenvalue weighted by atomic mass is 9.70. The van der Waals surface area contributed by atoms with Gasteiger partial charge in [-0.3, -0.25) is 0 Å². The van der Waals surface area contributed by atoms with Crippen molar-refractivity contribution in [1.82, 2.24) is 9.97 Å². The first kappa shape index (κ1) is 18.8. The third kappa shape index (κ3) is 2.42. The lowest BCUT2D eigenvalue weighted by Crippen LogP contribution is -2.46. The SMILES string of the molecule is CC12CCC(c3c(-c4ccccc4)nc(N4CCC5(CC4)OCCO5)nc31)C2(C)C. The highest BCUT2D eigenvalue weighted by molar-refractivity contribution is 5.70. The normalized spacial score (nSPS) is 30.8. The summed E-state index contributed by atoms with van der Waals surface area (Å²) < 4.78 is 11.9. The fraction of sp³-hybridized carbons (Fsp3) is 0.600. The maximum absolute atomic E-state index is 5.93. The molecule has 1 spiro atoms. The Kier molecular flexibility index (Phi) is 3.92. The lowest BCUT2D eigenvalue weighted by Gasteiger charge is -2.38. The van der Waals surface area contributed by atoms with Crippen molar-refractivity contribution in [3.8, 4) is 11.3 Å². The van der Waals surface area contributed by atoms with Crippen LogP contribution in [0, 0.1) is 5.41 Å². The summed E-state index contributed by atoms with van der Waals surface area (Å²) in [7, 11) is 0. The predicted octanol–water partition coefficient (Wildman–Crippen LogP) is 4.66. The molecule has 1 aromatic heterocycles. The van der Waals surface area contributed by atoms with Crippen molar-refractivity contribution in [2.24, 2.45) is 5.41 Å². The van der Waals surface area contributed by atoms with Crippen molar-refractivity contribution in [3.63, 3.8) is 0 Å². The quantitative estimate of drug-likeness (QED) is 0.727. The van der Waals surface area contributed by atoms with Crippen molar-refractivity contribution in [2.45, 2.75) is 63.6 Å². The van der Waals surface area contributed by atoms with Crippen molar-refractivity contribution in [2.75, 3.05) is 31.2 Å². The molecule has 4 aliphatic rings. The summed E-state index contributed by atoms with van der Waals surface area (Å²) in [6.45, 7) is 10.5.